The number of benzene rings is 1. The number of fused-ring (bicyclic) bond motifs is 2. The first-order chi connectivity index (χ1) is 19.9. The van der Waals surface area contributed by atoms with Gasteiger partial charge in [0.25, 0.3) is 0 Å². The lowest BCUT2D eigenvalue weighted by molar-refractivity contribution is -0.128. The molecule has 0 radical (unpaired) electrons. The smallest absolute Gasteiger partial charge is 0.318 e. The van der Waals surface area contributed by atoms with Gasteiger partial charge in [-0.1, -0.05) is 24.2 Å². The molecule has 0 unspecified atom stereocenters. The highest BCUT2D eigenvalue weighted by Gasteiger charge is 2.33. The third kappa shape index (κ3) is 5.59. The van der Waals surface area contributed by atoms with Gasteiger partial charge in [0.05, 0.1) is 35.1 Å². The molecule has 0 N–H and O–H groups in total. The van der Waals surface area contributed by atoms with Gasteiger partial charge in [-0.05, 0) is 57.1 Å². The van der Waals surface area contributed by atoms with E-state index in [1.54, 1.807) is 16.2 Å². The molecule has 2 aromatic heterocycles. The molecule has 2 atom stereocenters. The first-order valence-electron chi connectivity index (χ1n) is 14.2. The summed E-state index contributed by atoms with van der Waals surface area (Å²) in [6.07, 6.45) is 4.63. The van der Waals surface area contributed by atoms with Gasteiger partial charge in [-0.25, -0.2) is 0 Å². The number of hydrogen-bond acceptors (Lipinski definition) is 9. The molecule has 0 saturated carbocycles. The lowest BCUT2D eigenvalue weighted by Gasteiger charge is -2.42. The van der Waals surface area contributed by atoms with E-state index in [9.17, 15) is 10.1 Å². The number of nitriles is 1. The lowest BCUT2D eigenvalue weighted by atomic mass is 10.0. The number of anilines is 2. The molecule has 2 saturated heterocycles. The highest BCUT2D eigenvalue weighted by molar-refractivity contribution is 7.22. The normalized spacial score (nSPS) is 21.1. The van der Waals surface area contributed by atoms with E-state index in [4.69, 9.17) is 26.3 Å². The van der Waals surface area contributed by atoms with E-state index in [-0.39, 0.29) is 18.4 Å². The van der Waals surface area contributed by atoms with E-state index < -0.39 is 0 Å². The van der Waals surface area contributed by atoms with Gasteiger partial charge >= 0.3 is 6.01 Å². The topological polar surface area (TPSA) is 88.8 Å². The molecule has 1 aromatic carbocycles. The summed E-state index contributed by atoms with van der Waals surface area (Å²) in [5.74, 6) is 0.715. The zero-order chi connectivity index (χ0) is 28.5. The number of ether oxygens (including phenoxy) is 1. The van der Waals surface area contributed by atoms with Crippen molar-refractivity contribution in [3.63, 3.8) is 0 Å². The van der Waals surface area contributed by atoms with Crippen molar-refractivity contribution in [1.82, 2.24) is 19.8 Å². The number of rotatable bonds is 7. The summed E-state index contributed by atoms with van der Waals surface area (Å²) in [6, 6.07) is 11.1. The van der Waals surface area contributed by atoms with Gasteiger partial charge in [-0.15, -0.1) is 11.3 Å². The fraction of sp³-hybridized carbons (Fsp3) is 0.467. The number of amides is 1. The van der Waals surface area contributed by atoms with Crippen LogP contribution in [-0.4, -0.2) is 84.1 Å². The van der Waals surface area contributed by atoms with Crippen molar-refractivity contribution in [2.75, 3.05) is 56.2 Å². The number of halogens is 1. The third-order valence-electron chi connectivity index (χ3n) is 8.52. The van der Waals surface area contributed by atoms with Crippen LogP contribution < -0.4 is 14.5 Å². The van der Waals surface area contributed by atoms with Crippen LogP contribution in [0.5, 0.6) is 6.01 Å². The monoisotopic (exact) mass is 591 g/mol. The maximum atomic E-state index is 12.5. The quantitative estimate of drug-likeness (QED) is 0.371. The highest BCUT2D eigenvalue weighted by Crippen LogP contribution is 2.38. The van der Waals surface area contributed by atoms with Gasteiger partial charge in [0, 0.05) is 53.6 Å². The minimum absolute atomic E-state index is 0.141. The average Bonchev–Trinajstić information content (AvgIpc) is 3.58. The van der Waals surface area contributed by atoms with Gasteiger partial charge in [0.2, 0.25) is 5.91 Å². The van der Waals surface area contributed by atoms with E-state index >= 15 is 0 Å². The number of likely N-dealkylation sites (N-methyl/N-ethyl adjacent to an activating group) is 1. The van der Waals surface area contributed by atoms with Crippen LogP contribution in [0, 0.1) is 11.3 Å². The Labute approximate surface area is 249 Å². The number of carbonyl (C=O) groups is 1. The molecule has 3 aliphatic heterocycles. The molecule has 0 aliphatic carbocycles. The minimum atomic E-state index is -0.234. The third-order valence-corrected chi connectivity index (χ3v) is 9.74. The zero-order valence-electron chi connectivity index (χ0n) is 23.3. The van der Waals surface area contributed by atoms with Gasteiger partial charge in [-0.3, -0.25) is 4.79 Å². The summed E-state index contributed by atoms with van der Waals surface area (Å²) >= 11 is 7.97. The van der Waals surface area contributed by atoms with Crippen LogP contribution in [0.4, 0.5) is 11.5 Å². The number of nitrogens with zero attached hydrogens (tertiary/aromatic N) is 7. The average molecular weight is 592 g/mol. The predicted octanol–water partition coefficient (Wildman–Crippen LogP) is 4.50. The van der Waals surface area contributed by atoms with E-state index in [1.165, 1.54) is 17.2 Å². The van der Waals surface area contributed by atoms with E-state index in [0.717, 1.165) is 58.4 Å². The van der Waals surface area contributed by atoms with E-state index in [1.807, 2.05) is 6.07 Å². The maximum Gasteiger partial charge on any atom is 0.318 e. The molecule has 1 amide bonds. The summed E-state index contributed by atoms with van der Waals surface area (Å²) in [6.45, 7) is 8.37. The largest absolute Gasteiger partial charge is 0.462 e. The molecular weight excluding hydrogens is 558 g/mol. The van der Waals surface area contributed by atoms with Crippen molar-refractivity contribution >= 4 is 50.4 Å². The minimum Gasteiger partial charge on any atom is -0.462 e. The summed E-state index contributed by atoms with van der Waals surface area (Å²) < 4.78 is 8.22. The SMILES string of the molecule is C=CC(=O)N1CCN(c2nc(OC[C@@H]3CCCN3C)nc3c2CCN(c2cccc4sc(Cl)cc24)C3)C[C@@H]1CC#N. The molecule has 11 heteroatoms. The zero-order valence-corrected chi connectivity index (χ0v) is 24.8. The van der Waals surface area contributed by atoms with Crippen molar-refractivity contribution in [1.29, 1.82) is 5.26 Å². The van der Waals surface area contributed by atoms with E-state index in [0.29, 0.717) is 44.8 Å². The Balaban J connectivity index is 1.33. The summed E-state index contributed by atoms with van der Waals surface area (Å²) in [4.78, 5) is 31.1. The number of aromatic nitrogens is 2. The maximum absolute atomic E-state index is 12.5. The van der Waals surface area contributed by atoms with Crippen LogP contribution in [0.3, 0.4) is 0 Å². The van der Waals surface area contributed by atoms with Crippen molar-refractivity contribution in [3.05, 3.63) is 52.5 Å². The molecule has 0 spiro atoms. The molecule has 3 aromatic rings. The van der Waals surface area contributed by atoms with Crippen molar-refractivity contribution in [2.45, 2.75) is 44.3 Å². The number of hydrogen-bond donors (Lipinski definition) is 0. The molecular formula is C30H34ClN7O2S. The first-order valence-corrected chi connectivity index (χ1v) is 15.4. The van der Waals surface area contributed by atoms with Crippen LogP contribution >= 0.6 is 22.9 Å². The Morgan fingerprint density at radius 2 is 2.12 bits per heavy atom. The van der Waals surface area contributed by atoms with Crippen LogP contribution in [0.15, 0.2) is 36.9 Å². The summed E-state index contributed by atoms with van der Waals surface area (Å²) in [7, 11) is 2.13. The van der Waals surface area contributed by atoms with Crippen molar-refractivity contribution in [3.8, 4) is 12.1 Å². The molecule has 2 fully saturated rings. The molecule has 41 heavy (non-hydrogen) atoms. The number of likely N-dealkylation sites (tertiary alicyclic amines) is 1. The van der Waals surface area contributed by atoms with Crippen LogP contribution in [0.1, 0.15) is 30.5 Å². The number of thiophene rings is 1. The van der Waals surface area contributed by atoms with Crippen LogP contribution in [0.2, 0.25) is 4.34 Å². The Morgan fingerprint density at radius 1 is 1.24 bits per heavy atom. The molecule has 214 valence electrons. The number of carbonyl (C=O) groups excluding carboxylic acids is 1. The highest BCUT2D eigenvalue weighted by atomic mass is 35.5. The van der Waals surface area contributed by atoms with Crippen molar-refractivity contribution < 1.29 is 9.53 Å². The molecule has 3 aliphatic rings. The Bertz CT molecular complexity index is 1500. The Kier molecular flexibility index (Phi) is 8.02. The number of piperazine rings is 1. The second-order valence-electron chi connectivity index (χ2n) is 11.0. The molecule has 6 rings (SSSR count). The van der Waals surface area contributed by atoms with E-state index in [2.05, 4.69) is 52.6 Å². The molecule has 9 nitrogen and oxygen atoms in total. The molecule has 0 bridgehead atoms. The summed E-state index contributed by atoms with van der Waals surface area (Å²) in [5, 5.41) is 10.7. The second kappa shape index (κ2) is 11.8. The molecule has 5 heterocycles. The second-order valence-corrected chi connectivity index (χ2v) is 12.7. The first kappa shape index (κ1) is 27.8. The van der Waals surface area contributed by atoms with Gasteiger partial charge in [0.1, 0.15) is 12.4 Å². The lowest BCUT2D eigenvalue weighted by Crippen LogP contribution is -2.55. The van der Waals surface area contributed by atoms with Gasteiger partial charge in [-0.2, -0.15) is 15.2 Å². The van der Waals surface area contributed by atoms with Crippen molar-refractivity contribution in [2.24, 2.45) is 0 Å². The van der Waals surface area contributed by atoms with Gasteiger partial charge < -0.3 is 24.3 Å². The van der Waals surface area contributed by atoms with Crippen LogP contribution in [0.25, 0.3) is 10.1 Å². The Morgan fingerprint density at radius 3 is 2.90 bits per heavy atom. The van der Waals surface area contributed by atoms with Gasteiger partial charge in [0.15, 0.2) is 0 Å². The predicted molar refractivity (Wildman–Crippen MR) is 163 cm³/mol. The fourth-order valence-electron chi connectivity index (χ4n) is 6.31. The summed E-state index contributed by atoms with van der Waals surface area (Å²) in [5.41, 5.74) is 3.22. The standard InChI is InChI=1S/C30H34ClN7O2S/c1-3-28(39)38-15-14-37(17-20(38)9-11-32)29-22-10-13-36(25-7-4-8-26-23(25)16-27(31)41-26)18-24(22)33-30(34-29)40-19-21-6-5-12-35(21)2/h3-4,7-8,16,20-21H,1,5-6,9-10,12-15,17-19H2,2H3/t20-,21-/m0/s1. The van der Waals surface area contributed by atoms with Crippen LogP contribution in [-0.2, 0) is 17.8 Å². The fourth-order valence-corrected chi connectivity index (χ4v) is 7.47. The Hall–Kier alpha value is -3.39.